The van der Waals surface area contributed by atoms with E-state index in [9.17, 15) is 5.11 Å². The third-order valence-electron chi connectivity index (χ3n) is 3.45. The number of hydrogen-bond donors (Lipinski definition) is 1. The molecule has 1 N–H and O–H groups in total. The van der Waals surface area contributed by atoms with Gasteiger partial charge < -0.3 is 9.84 Å². The molecule has 1 aliphatic heterocycles. The molecule has 100 valence electrons. The van der Waals surface area contributed by atoms with Gasteiger partial charge in [0.05, 0.1) is 19.3 Å². The summed E-state index contributed by atoms with van der Waals surface area (Å²) in [5, 5.41) is 9.98. The monoisotopic (exact) mass is 269 g/mol. The van der Waals surface area contributed by atoms with E-state index in [1.165, 1.54) is 5.56 Å². The maximum Gasteiger partial charge on any atom is 0.0933 e. The van der Waals surface area contributed by atoms with Crippen LogP contribution in [0.1, 0.15) is 18.1 Å². The third-order valence-corrected chi connectivity index (χ3v) is 3.87. The molecule has 4 heteroatoms. The van der Waals surface area contributed by atoms with Crippen LogP contribution in [0.5, 0.6) is 0 Å². The van der Waals surface area contributed by atoms with Gasteiger partial charge in [-0.05, 0) is 31.0 Å². The molecule has 0 saturated carbocycles. The van der Waals surface area contributed by atoms with Gasteiger partial charge in [0.2, 0.25) is 0 Å². The molecule has 2 unspecified atom stereocenters. The summed E-state index contributed by atoms with van der Waals surface area (Å²) in [6.07, 6.45) is -0.0606. The van der Waals surface area contributed by atoms with Crippen LogP contribution in [0.4, 0.5) is 0 Å². The van der Waals surface area contributed by atoms with Crippen molar-refractivity contribution >= 4 is 11.6 Å². The maximum atomic E-state index is 9.17. The number of rotatable bonds is 3. The summed E-state index contributed by atoms with van der Waals surface area (Å²) in [4.78, 5) is 2.34. The molecule has 1 aliphatic rings. The SMILES string of the molecule is Cc1cc(CN2CC(CO)OCC2C)ccc1Cl. The minimum absolute atomic E-state index is 0.0606. The number of hydrogen-bond acceptors (Lipinski definition) is 3. The molecule has 0 amide bonds. The van der Waals surface area contributed by atoms with Gasteiger partial charge in [-0.1, -0.05) is 23.7 Å². The highest BCUT2D eigenvalue weighted by Gasteiger charge is 2.25. The lowest BCUT2D eigenvalue weighted by Crippen LogP contribution is -2.48. The largest absolute Gasteiger partial charge is 0.394 e. The molecule has 1 fully saturated rings. The Morgan fingerprint density at radius 1 is 1.50 bits per heavy atom. The van der Waals surface area contributed by atoms with Crippen molar-refractivity contribution in [3.63, 3.8) is 0 Å². The molecule has 0 bridgehead atoms. The van der Waals surface area contributed by atoms with Crippen molar-refractivity contribution in [1.29, 1.82) is 0 Å². The first-order valence-electron chi connectivity index (χ1n) is 6.31. The van der Waals surface area contributed by atoms with Crippen LogP contribution in [0, 0.1) is 6.92 Å². The molecule has 0 spiro atoms. The molecule has 1 saturated heterocycles. The molecule has 0 aromatic heterocycles. The van der Waals surface area contributed by atoms with Crippen molar-refractivity contribution in [2.75, 3.05) is 19.8 Å². The quantitative estimate of drug-likeness (QED) is 0.913. The van der Waals surface area contributed by atoms with E-state index in [1.54, 1.807) is 0 Å². The first-order valence-corrected chi connectivity index (χ1v) is 6.69. The van der Waals surface area contributed by atoms with E-state index in [0.717, 1.165) is 23.7 Å². The lowest BCUT2D eigenvalue weighted by Gasteiger charge is -2.37. The van der Waals surface area contributed by atoms with Crippen molar-refractivity contribution in [3.8, 4) is 0 Å². The summed E-state index contributed by atoms with van der Waals surface area (Å²) in [7, 11) is 0. The fourth-order valence-corrected chi connectivity index (χ4v) is 2.36. The molecule has 18 heavy (non-hydrogen) atoms. The maximum absolute atomic E-state index is 9.17. The summed E-state index contributed by atoms with van der Waals surface area (Å²) >= 11 is 6.03. The van der Waals surface area contributed by atoms with Crippen molar-refractivity contribution in [3.05, 3.63) is 34.3 Å². The van der Waals surface area contributed by atoms with E-state index in [0.29, 0.717) is 12.6 Å². The van der Waals surface area contributed by atoms with Crippen LogP contribution in [0.25, 0.3) is 0 Å². The number of aliphatic hydroxyl groups is 1. The van der Waals surface area contributed by atoms with Crippen LogP contribution in [0.3, 0.4) is 0 Å². The number of halogens is 1. The van der Waals surface area contributed by atoms with Crippen LogP contribution in [-0.4, -0.2) is 41.9 Å². The molecule has 0 aliphatic carbocycles. The van der Waals surface area contributed by atoms with E-state index in [1.807, 2.05) is 13.0 Å². The van der Waals surface area contributed by atoms with E-state index >= 15 is 0 Å². The number of ether oxygens (including phenoxy) is 1. The van der Waals surface area contributed by atoms with E-state index < -0.39 is 0 Å². The lowest BCUT2D eigenvalue weighted by molar-refractivity contribution is -0.0805. The zero-order chi connectivity index (χ0) is 13.1. The molecule has 3 nitrogen and oxygen atoms in total. The van der Waals surface area contributed by atoms with E-state index in [4.69, 9.17) is 16.3 Å². The molecular weight excluding hydrogens is 250 g/mol. The fraction of sp³-hybridized carbons (Fsp3) is 0.571. The van der Waals surface area contributed by atoms with Gasteiger partial charge in [0, 0.05) is 24.2 Å². The normalized spacial score (nSPS) is 25.3. The van der Waals surface area contributed by atoms with Gasteiger partial charge in [-0.25, -0.2) is 0 Å². The van der Waals surface area contributed by atoms with Gasteiger partial charge in [0.15, 0.2) is 0 Å². The molecule has 2 rings (SSSR count). The molecular formula is C14H20ClNO2. The van der Waals surface area contributed by atoms with Gasteiger partial charge in [0.1, 0.15) is 0 Å². The average Bonchev–Trinajstić information content (AvgIpc) is 2.36. The summed E-state index contributed by atoms with van der Waals surface area (Å²) in [6.45, 7) is 6.58. The summed E-state index contributed by atoms with van der Waals surface area (Å²) < 4.78 is 5.54. The Morgan fingerprint density at radius 3 is 2.94 bits per heavy atom. The minimum Gasteiger partial charge on any atom is -0.394 e. The Morgan fingerprint density at radius 2 is 2.28 bits per heavy atom. The van der Waals surface area contributed by atoms with Gasteiger partial charge in [0.25, 0.3) is 0 Å². The van der Waals surface area contributed by atoms with Gasteiger partial charge >= 0.3 is 0 Å². The van der Waals surface area contributed by atoms with Crippen LogP contribution in [-0.2, 0) is 11.3 Å². The zero-order valence-corrected chi connectivity index (χ0v) is 11.7. The van der Waals surface area contributed by atoms with Crippen molar-refractivity contribution < 1.29 is 9.84 Å². The highest BCUT2D eigenvalue weighted by atomic mass is 35.5. The second kappa shape index (κ2) is 6.02. The zero-order valence-electron chi connectivity index (χ0n) is 10.9. The molecule has 2 atom stereocenters. The Balaban J connectivity index is 2.04. The molecule has 1 heterocycles. The van der Waals surface area contributed by atoms with Crippen LogP contribution in [0.2, 0.25) is 5.02 Å². The number of aryl methyl sites for hydroxylation is 1. The summed E-state index contributed by atoms with van der Waals surface area (Å²) in [5.41, 5.74) is 2.36. The smallest absolute Gasteiger partial charge is 0.0933 e. The first-order chi connectivity index (χ1) is 8.60. The van der Waals surface area contributed by atoms with Gasteiger partial charge in [-0.15, -0.1) is 0 Å². The van der Waals surface area contributed by atoms with Crippen molar-refractivity contribution in [1.82, 2.24) is 4.90 Å². The molecule has 0 radical (unpaired) electrons. The molecule has 1 aromatic carbocycles. The number of morpholine rings is 1. The van der Waals surface area contributed by atoms with Crippen LogP contribution >= 0.6 is 11.6 Å². The van der Waals surface area contributed by atoms with Gasteiger partial charge in [-0.3, -0.25) is 4.90 Å². The van der Waals surface area contributed by atoms with E-state index in [-0.39, 0.29) is 12.7 Å². The van der Waals surface area contributed by atoms with Crippen molar-refractivity contribution in [2.24, 2.45) is 0 Å². The fourth-order valence-electron chi connectivity index (χ4n) is 2.25. The minimum atomic E-state index is -0.0606. The Hall–Kier alpha value is -0.610. The van der Waals surface area contributed by atoms with Crippen molar-refractivity contribution in [2.45, 2.75) is 32.5 Å². The third kappa shape index (κ3) is 3.23. The molecule has 1 aromatic rings. The predicted molar refractivity (Wildman–Crippen MR) is 72.9 cm³/mol. The summed E-state index contributed by atoms with van der Waals surface area (Å²) in [6, 6.07) is 6.51. The highest BCUT2D eigenvalue weighted by Crippen LogP contribution is 2.20. The Bertz CT molecular complexity index is 411. The van der Waals surface area contributed by atoms with Crippen LogP contribution < -0.4 is 0 Å². The van der Waals surface area contributed by atoms with E-state index in [2.05, 4.69) is 24.0 Å². The Kier molecular flexibility index (Phi) is 4.62. The Labute approximate surface area is 113 Å². The second-order valence-corrected chi connectivity index (χ2v) is 5.41. The first kappa shape index (κ1) is 13.8. The number of aliphatic hydroxyl groups excluding tert-OH is 1. The highest BCUT2D eigenvalue weighted by molar-refractivity contribution is 6.31. The number of nitrogens with zero attached hydrogens (tertiary/aromatic N) is 1. The van der Waals surface area contributed by atoms with Crippen LogP contribution in [0.15, 0.2) is 18.2 Å². The average molecular weight is 270 g/mol. The second-order valence-electron chi connectivity index (χ2n) is 5.00. The number of benzene rings is 1. The van der Waals surface area contributed by atoms with Gasteiger partial charge in [-0.2, -0.15) is 0 Å². The predicted octanol–water partition coefficient (Wildman–Crippen LogP) is 2.23. The summed E-state index contributed by atoms with van der Waals surface area (Å²) in [5.74, 6) is 0. The lowest BCUT2D eigenvalue weighted by atomic mass is 10.1. The standard InChI is InChI=1S/C14H20ClNO2/c1-10-5-12(3-4-14(10)15)6-16-7-13(8-17)18-9-11(16)2/h3-5,11,13,17H,6-9H2,1-2H3. The topological polar surface area (TPSA) is 32.7 Å².